The van der Waals surface area contributed by atoms with Crippen LogP contribution in [0.1, 0.15) is 15.9 Å². The van der Waals surface area contributed by atoms with Gasteiger partial charge >= 0.3 is 5.97 Å². The molecule has 0 radical (unpaired) electrons. The normalized spacial score (nSPS) is 13.0. The second-order valence-electron chi connectivity index (χ2n) is 6.29. The summed E-state index contributed by atoms with van der Waals surface area (Å²) in [5.74, 6) is -1.22. The lowest BCUT2D eigenvalue weighted by atomic mass is 10.0. The zero-order valence-electron chi connectivity index (χ0n) is 14.7. The average molecular weight is 452 g/mol. The maximum absolute atomic E-state index is 12.8. The fourth-order valence-corrected chi connectivity index (χ4v) is 5.86. The minimum Gasteiger partial charge on any atom is -0.505 e. The molecule has 4 rings (SSSR count). The number of sulfonamides is 1. The van der Waals surface area contributed by atoms with E-state index < -0.39 is 27.3 Å². The highest BCUT2D eigenvalue weighted by atomic mass is 35.5. The molecule has 3 N–H and O–H groups in total. The van der Waals surface area contributed by atoms with Gasteiger partial charge in [-0.15, -0.1) is 11.3 Å². The number of halogens is 1. The third-order valence-corrected chi connectivity index (χ3v) is 7.64. The summed E-state index contributed by atoms with van der Waals surface area (Å²) in [5.41, 5.74) is 1.73. The van der Waals surface area contributed by atoms with Crippen LogP contribution in [0, 0.1) is 0 Å². The Bertz CT molecular complexity index is 1240. The molecule has 3 aromatic rings. The van der Waals surface area contributed by atoms with Crippen LogP contribution in [-0.4, -0.2) is 31.2 Å². The third-order valence-electron chi connectivity index (χ3n) is 4.44. The van der Waals surface area contributed by atoms with Crippen LogP contribution in [0.15, 0.2) is 46.7 Å². The standard InChI is InChI=1S/C19H14ClNO6S2/c20-18-13(10-4-5-15-11(8-10)6-7-27-15)9-16(28-18)29(25,26)21-14-3-1-2-12(17(14)22)19(23)24/h1-5,8-9,21-22H,6-7H2,(H,23,24). The molecule has 10 heteroatoms. The van der Waals surface area contributed by atoms with Crippen LogP contribution in [-0.2, 0) is 16.4 Å². The number of nitrogens with one attached hydrogen (secondary N) is 1. The molecule has 29 heavy (non-hydrogen) atoms. The van der Waals surface area contributed by atoms with Crippen molar-refractivity contribution in [3.8, 4) is 22.6 Å². The number of benzene rings is 2. The molecule has 0 aliphatic carbocycles. The number of hydrogen-bond donors (Lipinski definition) is 3. The van der Waals surface area contributed by atoms with E-state index >= 15 is 0 Å². The minimum absolute atomic E-state index is 0.0608. The van der Waals surface area contributed by atoms with E-state index in [1.54, 1.807) is 0 Å². The molecular weight excluding hydrogens is 438 g/mol. The Morgan fingerprint density at radius 3 is 2.76 bits per heavy atom. The zero-order chi connectivity index (χ0) is 20.8. The SMILES string of the molecule is O=C(O)c1cccc(NS(=O)(=O)c2cc(-c3ccc4c(c3)CCO4)c(Cl)s2)c1O. The number of ether oxygens (including phenoxy) is 1. The van der Waals surface area contributed by atoms with Crippen molar-refractivity contribution < 1.29 is 28.2 Å². The predicted octanol–water partition coefficient (Wildman–Crippen LogP) is 4.21. The van der Waals surface area contributed by atoms with Gasteiger partial charge in [-0.1, -0.05) is 23.7 Å². The molecule has 0 fully saturated rings. The van der Waals surface area contributed by atoms with Gasteiger partial charge in [0.2, 0.25) is 0 Å². The van der Waals surface area contributed by atoms with Crippen molar-refractivity contribution in [1.29, 1.82) is 0 Å². The van der Waals surface area contributed by atoms with E-state index in [1.807, 2.05) is 18.2 Å². The Morgan fingerprint density at radius 1 is 1.21 bits per heavy atom. The van der Waals surface area contributed by atoms with Gasteiger partial charge in [-0.2, -0.15) is 0 Å². The number of phenols is 1. The monoisotopic (exact) mass is 451 g/mol. The lowest BCUT2D eigenvalue weighted by Gasteiger charge is -2.09. The predicted molar refractivity (Wildman–Crippen MR) is 110 cm³/mol. The average Bonchev–Trinajstić information content (AvgIpc) is 3.29. The molecule has 0 bridgehead atoms. The summed E-state index contributed by atoms with van der Waals surface area (Å²) in [7, 11) is -4.09. The van der Waals surface area contributed by atoms with Gasteiger partial charge in [0.15, 0.2) is 5.75 Å². The maximum Gasteiger partial charge on any atom is 0.339 e. The number of para-hydroxylation sites is 1. The van der Waals surface area contributed by atoms with E-state index in [1.165, 1.54) is 24.3 Å². The van der Waals surface area contributed by atoms with Crippen molar-refractivity contribution in [2.24, 2.45) is 0 Å². The van der Waals surface area contributed by atoms with Crippen molar-refractivity contribution in [3.63, 3.8) is 0 Å². The molecule has 0 spiro atoms. The van der Waals surface area contributed by atoms with Crippen molar-refractivity contribution in [3.05, 3.63) is 57.9 Å². The largest absolute Gasteiger partial charge is 0.505 e. The Morgan fingerprint density at radius 2 is 2.00 bits per heavy atom. The summed E-state index contributed by atoms with van der Waals surface area (Å²) >= 11 is 7.18. The third kappa shape index (κ3) is 3.64. The number of carbonyl (C=O) groups is 1. The van der Waals surface area contributed by atoms with Gasteiger partial charge in [-0.3, -0.25) is 4.72 Å². The summed E-state index contributed by atoms with van der Waals surface area (Å²) < 4.78 is 33.5. The van der Waals surface area contributed by atoms with E-state index in [4.69, 9.17) is 21.4 Å². The highest BCUT2D eigenvalue weighted by Gasteiger charge is 2.24. The number of aromatic carboxylic acids is 1. The van der Waals surface area contributed by atoms with Crippen molar-refractivity contribution in [1.82, 2.24) is 0 Å². The second-order valence-corrected chi connectivity index (χ2v) is 9.85. The Hall–Kier alpha value is -2.75. The first-order valence-corrected chi connectivity index (χ1v) is 11.1. The van der Waals surface area contributed by atoms with Crippen LogP contribution < -0.4 is 9.46 Å². The van der Waals surface area contributed by atoms with Crippen LogP contribution in [0.4, 0.5) is 5.69 Å². The first kappa shape index (κ1) is 19.6. The molecule has 2 heterocycles. The van der Waals surface area contributed by atoms with Gasteiger partial charge in [0.1, 0.15) is 19.9 Å². The molecule has 1 aliphatic rings. The summed E-state index contributed by atoms with van der Waals surface area (Å²) in [5, 5.41) is 19.1. The minimum atomic E-state index is -4.09. The van der Waals surface area contributed by atoms with E-state index in [0.717, 1.165) is 34.6 Å². The lowest BCUT2D eigenvalue weighted by Crippen LogP contribution is -2.12. The number of thiophene rings is 1. The van der Waals surface area contributed by atoms with E-state index in [-0.39, 0.29) is 9.90 Å². The highest BCUT2D eigenvalue weighted by Crippen LogP contribution is 2.41. The van der Waals surface area contributed by atoms with E-state index in [2.05, 4.69) is 4.72 Å². The first-order valence-electron chi connectivity index (χ1n) is 8.40. The Labute approximate surface area is 175 Å². The number of hydrogen-bond acceptors (Lipinski definition) is 6. The summed E-state index contributed by atoms with van der Waals surface area (Å²) in [6.07, 6.45) is 0.775. The molecule has 1 aromatic heterocycles. The molecule has 0 saturated heterocycles. The van der Waals surface area contributed by atoms with Gasteiger partial charge in [-0.05, 0) is 41.5 Å². The number of rotatable bonds is 5. The summed E-state index contributed by atoms with van der Waals surface area (Å²) in [6, 6.07) is 10.8. The summed E-state index contributed by atoms with van der Waals surface area (Å²) in [4.78, 5) is 11.1. The van der Waals surface area contributed by atoms with Crippen LogP contribution in [0.2, 0.25) is 4.34 Å². The molecule has 1 aliphatic heterocycles. The fourth-order valence-electron chi connectivity index (χ4n) is 3.02. The van der Waals surface area contributed by atoms with E-state index in [9.17, 15) is 18.3 Å². The topological polar surface area (TPSA) is 113 Å². The molecule has 7 nitrogen and oxygen atoms in total. The van der Waals surface area contributed by atoms with Crippen LogP contribution >= 0.6 is 22.9 Å². The molecule has 0 saturated carbocycles. The van der Waals surface area contributed by atoms with Gasteiger partial charge in [0, 0.05) is 12.0 Å². The molecule has 0 amide bonds. The quantitative estimate of drug-likeness (QED) is 0.501. The number of carboxylic acids is 1. The molecule has 0 atom stereocenters. The van der Waals surface area contributed by atoms with Crippen LogP contribution in [0.5, 0.6) is 11.5 Å². The Balaban J connectivity index is 1.68. The van der Waals surface area contributed by atoms with Gasteiger partial charge in [0.25, 0.3) is 10.0 Å². The van der Waals surface area contributed by atoms with Crippen LogP contribution in [0.3, 0.4) is 0 Å². The lowest BCUT2D eigenvalue weighted by molar-refractivity contribution is 0.0694. The molecule has 2 aromatic carbocycles. The number of aromatic hydroxyl groups is 1. The van der Waals surface area contributed by atoms with Crippen molar-refractivity contribution >= 4 is 44.6 Å². The molecule has 0 unspecified atom stereocenters. The van der Waals surface area contributed by atoms with Crippen LogP contribution in [0.25, 0.3) is 11.1 Å². The van der Waals surface area contributed by atoms with Crippen molar-refractivity contribution in [2.75, 3.05) is 11.3 Å². The molecular formula is C19H14ClNO6S2. The van der Waals surface area contributed by atoms with Gasteiger partial charge in [0.05, 0.1) is 12.3 Å². The highest BCUT2D eigenvalue weighted by molar-refractivity contribution is 7.94. The van der Waals surface area contributed by atoms with Gasteiger partial charge < -0.3 is 14.9 Å². The molecule has 150 valence electrons. The maximum atomic E-state index is 12.8. The second kappa shape index (κ2) is 7.25. The smallest absolute Gasteiger partial charge is 0.339 e. The first-order chi connectivity index (χ1) is 13.8. The Kier molecular flexibility index (Phi) is 4.89. The fraction of sp³-hybridized carbons (Fsp3) is 0.105. The van der Waals surface area contributed by atoms with Crippen molar-refractivity contribution in [2.45, 2.75) is 10.6 Å². The zero-order valence-corrected chi connectivity index (χ0v) is 17.1. The number of fused-ring (bicyclic) bond motifs is 1. The van der Waals surface area contributed by atoms with E-state index in [0.29, 0.717) is 16.5 Å². The summed E-state index contributed by atoms with van der Waals surface area (Å²) in [6.45, 7) is 0.610. The van der Waals surface area contributed by atoms with Gasteiger partial charge in [-0.25, -0.2) is 13.2 Å². The number of anilines is 1. The number of carboxylic acid groups (broad SMARTS) is 1.